The molecule has 1 amide bonds. The summed E-state index contributed by atoms with van der Waals surface area (Å²) in [5.74, 6) is 0.485. The van der Waals surface area contributed by atoms with Crippen LogP contribution < -0.4 is 5.32 Å². The van der Waals surface area contributed by atoms with Gasteiger partial charge < -0.3 is 5.32 Å². The molecule has 1 aliphatic rings. The lowest BCUT2D eigenvalue weighted by atomic mass is 10.2. The smallest absolute Gasteiger partial charge is 0.260 e. The Hall–Kier alpha value is -2.33. The maximum atomic E-state index is 12.6. The lowest BCUT2D eigenvalue weighted by molar-refractivity contribution is 0.0858. The first kappa shape index (κ1) is 14.6. The van der Waals surface area contributed by atoms with Crippen LogP contribution in [0.25, 0.3) is 0 Å². The van der Waals surface area contributed by atoms with E-state index in [-0.39, 0.29) is 5.91 Å². The molecule has 0 saturated carbocycles. The fourth-order valence-electron chi connectivity index (χ4n) is 2.39. The van der Waals surface area contributed by atoms with Gasteiger partial charge >= 0.3 is 0 Å². The van der Waals surface area contributed by atoms with E-state index in [4.69, 9.17) is 11.6 Å². The van der Waals surface area contributed by atoms with Crippen molar-refractivity contribution in [3.05, 3.63) is 64.7 Å². The highest BCUT2D eigenvalue weighted by Gasteiger charge is 2.25. The molecule has 0 radical (unpaired) electrons. The second-order valence-electron chi connectivity index (χ2n) is 5.08. The van der Waals surface area contributed by atoms with Crippen molar-refractivity contribution in [2.45, 2.75) is 6.92 Å². The number of hydrogen-bond donors (Lipinski definition) is 1. The van der Waals surface area contributed by atoms with E-state index in [1.54, 1.807) is 17.0 Å². The van der Waals surface area contributed by atoms with Crippen LogP contribution >= 0.6 is 11.6 Å². The number of nitrogens with one attached hydrogen (secondary N) is 1. The SMILES string of the molecule is Cc1cccc(Cl)c1NC1=NCCN1C(=O)c1ccccc1. The van der Waals surface area contributed by atoms with Gasteiger partial charge in [0, 0.05) is 12.1 Å². The Balaban J connectivity index is 1.84. The fourth-order valence-corrected chi connectivity index (χ4v) is 2.66. The maximum Gasteiger partial charge on any atom is 0.260 e. The molecule has 0 fully saturated rings. The van der Waals surface area contributed by atoms with Crippen molar-refractivity contribution in [1.29, 1.82) is 0 Å². The highest BCUT2D eigenvalue weighted by Crippen LogP contribution is 2.26. The first-order chi connectivity index (χ1) is 10.7. The molecule has 5 heteroatoms. The number of guanidine groups is 1. The van der Waals surface area contributed by atoms with Crippen LogP contribution in [0, 0.1) is 6.92 Å². The Morgan fingerprint density at radius 3 is 2.68 bits per heavy atom. The van der Waals surface area contributed by atoms with E-state index in [1.807, 2.05) is 43.3 Å². The summed E-state index contributed by atoms with van der Waals surface area (Å²) in [5, 5.41) is 3.81. The number of anilines is 1. The van der Waals surface area contributed by atoms with Gasteiger partial charge in [-0.25, -0.2) is 0 Å². The molecule has 112 valence electrons. The summed E-state index contributed by atoms with van der Waals surface area (Å²) in [6.45, 7) is 3.12. The Morgan fingerprint density at radius 2 is 1.95 bits per heavy atom. The van der Waals surface area contributed by atoms with Gasteiger partial charge in [0.2, 0.25) is 5.96 Å². The Bertz CT molecular complexity index is 708. The van der Waals surface area contributed by atoms with E-state index in [2.05, 4.69) is 10.3 Å². The number of carbonyl (C=O) groups is 1. The van der Waals surface area contributed by atoms with Crippen molar-refractivity contribution in [3.63, 3.8) is 0 Å². The third kappa shape index (κ3) is 2.83. The molecule has 0 aliphatic carbocycles. The quantitative estimate of drug-likeness (QED) is 0.921. The number of nitrogens with zero attached hydrogens (tertiary/aromatic N) is 2. The zero-order valence-electron chi connectivity index (χ0n) is 12.2. The predicted octanol–water partition coefficient (Wildman–Crippen LogP) is 3.57. The number of benzene rings is 2. The van der Waals surface area contributed by atoms with E-state index < -0.39 is 0 Å². The Labute approximate surface area is 134 Å². The van der Waals surface area contributed by atoms with Gasteiger partial charge in [0.25, 0.3) is 5.91 Å². The number of hydrogen-bond acceptors (Lipinski definition) is 3. The van der Waals surface area contributed by atoms with E-state index in [0.717, 1.165) is 11.3 Å². The molecule has 0 bridgehead atoms. The van der Waals surface area contributed by atoms with Gasteiger partial charge in [0.15, 0.2) is 0 Å². The molecule has 0 atom stereocenters. The third-order valence-electron chi connectivity index (χ3n) is 3.57. The summed E-state index contributed by atoms with van der Waals surface area (Å²) in [5.41, 5.74) is 2.44. The van der Waals surface area contributed by atoms with Crippen LogP contribution in [0.4, 0.5) is 5.69 Å². The maximum absolute atomic E-state index is 12.6. The number of aryl methyl sites for hydroxylation is 1. The van der Waals surface area contributed by atoms with Gasteiger partial charge in [-0.05, 0) is 30.7 Å². The first-order valence-electron chi connectivity index (χ1n) is 7.10. The Kier molecular flexibility index (Phi) is 4.11. The van der Waals surface area contributed by atoms with Crippen LogP contribution in [0.1, 0.15) is 15.9 Å². The van der Waals surface area contributed by atoms with Crippen LogP contribution in [0.15, 0.2) is 53.5 Å². The van der Waals surface area contributed by atoms with Crippen LogP contribution in [-0.4, -0.2) is 29.9 Å². The summed E-state index contributed by atoms with van der Waals surface area (Å²) in [4.78, 5) is 18.6. The predicted molar refractivity (Wildman–Crippen MR) is 89.6 cm³/mol. The lowest BCUT2D eigenvalue weighted by Crippen LogP contribution is -2.38. The minimum absolute atomic E-state index is 0.0611. The van der Waals surface area contributed by atoms with Crippen molar-refractivity contribution in [2.24, 2.45) is 4.99 Å². The van der Waals surface area contributed by atoms with E-state index in [9.17, 15) is 4.79 Å². The van der Waals surface area contributed by atoms with Crippen molar-refractivity contribution >= 4 is 29.2 Å². The molecule has 0 unspecified atom stereocenters. The van der Waals surface area contributed by atoms with Crippen molar-refractivity contribution in [2.75, 3.05) is 18.4 Å². The molecule has 2 aromatic rings. The molecule has 4 nitrogen and oxygen atoms in total. The molecule has 1 aliphatic heterocycles. The van der Waals surface area contributed by atoms with Gasteiger partial charge in [-0.3, -0.25) is 14.7 Å². The molecular weight excluding hydrogens is 298 g/mol. The number of amides is 1. The average molecular weight is 314 g/mol. The largest absolute Gasteiger partial charge is 0.324 e. The van der Waals surface area contributed by atoms with Crippen LogP contribution in [-0.2, 0) is 0 Å². The van der Waals surface area contributed by atoms with E-state index in [0.29, 0.717) is 29.6 Å². The van der Waals surface area contributed by atoms with Crippen LogP contribution in [0.3, 0.4) is 0 Å². The Morgan fingerprint density at radius 1 is 1.18 bits per heavy atom. The van der Waals surface area contributed by atoms with Gasteiger partial charge in [-0.2, -0.15) is 0 Å². The summed E-state index contributed by atoms with van der Waals surface area (Å²) in [7, 11) is 0. The second-order valence-corrected chi connectivity index (χ2v) is 5.49. The standard InChI is InChI=1S/C17H16ClN3O/c1-12-6-5-9-14(18)15(12)20-17-19-10-11-21(17)16(22)13-7-3-2-4-8-13/h2-9H,10-11H2,1H3,(H,19,20). The molecule has 1 N–H and O–H groups in total. The summed E-state index contributed by atoms with van der Waals surface area (Å²) in [6.07, 6.45) is 0. The topological polar surface area (TPSA) is 44.7 Å². The van der Waals surface area contributed by atoms with Crippen molar-refractivity contribution in [1.82, 2.24) is 4.90 Å². The second kappa shape index (κ2) is 6.20. The highest BCUT2D eigenvalue weighted by molar-refractivity contribution is 6.34. The molecule has 1 heterocycles. The van der Waals surface area contributed by atoms with Gasteiger partial charge in [-0.15, -0.1) is 0 Å². The minimum Gasteiger partial charge on any atom is -0.324 e. The van der Waals surface area contributed by atoms with Gasteiger partial charge in [0.05, 0.1) is 17.3 Å². The summed E-state index contributed by atoms with van der Waals surface area (Å²) >= 11 is 6.23. The zero-order chi connectivity index (χ0) is 15.5. The minimum atomic E-state index is -0.0611. The molecular formula is C17H16ClN3O. The van der Waals surface area contributed by atoms with Gasteiger partial charge in [-0.1, -0.05) is 41.9 Å². The lowest BCUT2D eigenvalue weighted by Gasteiger charge is -2.20. The first-order valence-corrected chi connectivity index (χ1v) is 7.48. The number of aliphatic imine (C=N–C) groups is 1. The van der Waals surface area contributed by atoms with Crippen molar-refractivity contribution in [3.8, 4) is 0 Å². The van der Waals surface area contributed by atoms with E-state index >= 15 is 0 Å². The highest BCUT2D eigenvalue weighted by atomic mass is 35.5. The average Bonchev–Trinajstić information content (AvgIpc) is 2.99. The number of halogens is 1. The number of rotatable bonds is 2. The van der Waals surface area contributed by atoms with Crippen LogP contribution in [0.2, 0.25) is 5.02 Å². The normalized spacial score (nSPS) is 13.9. The monoisotopic (exact) mass is 313 g/mol. The van der Waals surface area contributed by atoms with Gasteiger partial charge in [0.1, 0.15) is 0 Å². The molecule has 22 heavy (non-hydrogen) atoms. The molecule has 0 saturated heterocycles. The molecule has 2 aromatic carbocycles. The summed E-state index contributed by atoms with van der Waals surface area (Å²) < 4.78 is 0. The molecule has 3 rings (SSSR count). The molecule has 0 aromatic heterocycles. The molecule has 0 spiro atoms. The van der Waals surface area contributed by atoms with Crippen molar-refractivity contribution < 1.29 is 4.79 Å². The number of carbonyl (C=O) groups excluding carboxylic acids is 1. The van der Waals surface area contributed by atoms with Crippen LogP contribution in [0.5, 0.6) is 0 Å². The van der Waals surface area contributed by atoms with E-state index in [1.165, 1.54) is 0 Å². The number of para-hydroxylation sites is 1. The third-order valence-corrected chi connectivity index (χ3v) is 3.88. The fraction of sp³-hybridized carbons (Fsp3) is 0.176. The zero-order valence-corrected chi connectivity index (χ0v) is 13.0. The summed E-state index contributed by atoms with van der Waals surface area (Å²) in [6, 6.07) is 14.9.